The van der Waals surface area contributed by atoms with E-state index in [1.807, 2.05) is 12.2 Å². The molecule has 0 fully saturated rings. The molecule has 0 aromatic heterocycles. The van der Waals surface area contributed by atoms with E-state index in [0.717, 1.165) is 25.7 Å². The average molecular weight is 178 g/mol. The maximum Gasteiger partial charge on any atom is 0.158 e. The third-order valence-electron chi connectivity index (χ3n) is 2.80. The summed E-state index contributed by atoms with van der Waals surface area (Å²) in [6.45, 7) is 5.87. The van der Waals surface area contributed by atoms with E-state index >= 15 is 0 Å². The van der Waals surface area contributed by atoms with E-state index in [4.69, 9.17) is 0 Å². The molecule has 0 unspecified atom stereocenters. The van der Waals surface area contributed by atoms with E-state index in [9.17, 15) is 4.79 Å². The van der Waals surface area contributed by atoms with E-state index in [-0.39, 0.29) is 5.92 Å². The van der Waals surface area contributed by atoms with E-state index in [2.05, 4.69) is 13.5 Å². The zero-order valence-electron chi connectivity index (χ0n) is 8.33. The summed E-state index contributed by atoms with van der Waals surface area (Å²) >= 11 is 0. The molecule has 0 aliphatic heterocycles. The zero-order valence-corrected chi connectivity index (χ0v) is 8.33. The second kappa shape index (κ2) is 5.00. The molecule has 1 heteroatoms. The minimum atomic E-state index is 0.233. The van der Waals surface area contributed by atoms with Crippen LogP contribution < -0.4 is 0 Å². The number of allylic oxidation sites excluding steroid dienone is 3. The van der Waals surface area contributed by atoms with Crippen LogP contribution in [0.25, 0.3) is 0 Å². The molecule has 1 aliphatic rings. The van der Waals surface area contributed by atoms with E-state index in [1.165, 1.54) is 0 Å². The third-order valence-corrected chi connectivity index (χ3v) is 2.80. The Balaban J connectivity index is 2.59. The van der Waals surface area contributed by atoms with Crippen molar-refractivity contribution in [3.8, 4) is 0 Å². The largest absolute Gasteiger partial charge is 0.295 e. The number of hydrogen-bond donors (Lipinski definition) is 0. The predicted octanol–water partition coefficient (Wildman–Crippen LogP) is 3.12. The Morgan fingerprint density at radius 2 is 2.46 bits per heavy atom. The highest BCUT2D eigenvalue weighted by Gasteiger charge is 2.23. The van der Waals surface area contributed by atoms with Gasteiger partial charge in [0.05, 0.1) is 0 Å². The lowest BCUT2D eigenvalue weighted by Crippen LogP contribution is -2.18. The highest BCUT2D eigenvalue weighted by Crippen LogP contribution is 2.26. The summed E-state index contributed by atoms with van der Waals surface area (Å²) in [5, 5.41) is 0. The number of carbonyl (C=O) groups is 1. The van der Waals surface area contributed by atoms with Crippen LogP contribution in [-0.2, 0) is 4.79 Å². The lowest BCUT2D eigenvalue weighted by molar-refractivity contribution is -0.119. The summed E-state index contributed by atoms with van der Waals surface area (Å²) in [6.07, 6.45) is 9.78. The molecule has 0 aromatic carbocycles. The Hall–Kier alpha value is -0.850. The van der Waals surface area contributed by atoms with Crippen LogP contribution >= 0.6 is 0 Å². The fourth-order valence-corrected chi connectivity index (χ4v) is 1.89. The summed E-state index contributed by atoms with van der Waals surface area (Å²) in [5.41, 5.74) is 0. The molecule has 1 nitrogen and oxygen atoms in total. The number of ketones is 1. The van der Waals surface area contributed by atoms with Crippen LogP contribution in [-0.4, -0.2) is 5.78 Å². The molecule has 0 spiro atoms. The average Bonchev–Trinajstić information content (AvgIpc) is 2.26. The number of hydrogen-bond acceptors (Lipinski definition) is 1. The molecule has 0 amide bonds. The van der Waals surface area contributed by atoms with Crippen LogP contribution in [0.2, 0.25) is 0 Å². The summed E-state index contributed by atoms with van der Waals surface area (Å²) in [5.74, 6) is 1.08. The Bertz CT molecular complexity index is 215. The molecule has 0 heterocycles. The predicted molar refractivity (Wildman–Crippen MR) is 55.5 cm³/mol. The second-order valence-electron chi connectivity index (χ2n) is 3.83. The van der Waals surface area contributed by atoms with Crippen molar-refractivity contribution < 1.29 is 4.79 Å². The van der Waals surface area contributed by atoms with E-state index in [0.29, 0.717) is 11.7 Å². The van der Waals surface area contributed by atoms with Crippen molar-refractivity contribution in [3.63, 3.8) is 0 Å². The highest BCUT2D eigenvalue weighted by atomic mass is 16.1. The molecule has 1 rings (SSSR count). The standard InChI is InChI=1S/C12H18O/c1-3-4-8-11-10(2)7-5-6-9-12(11)13/h3,6,9-11H,1,4-5,7-8H2,2H3/t10-,11+/m1/s1. The molecular weight excluding hydrogens is 160 g/mol. The second-order valence-corrected chi connectivity index (χ2v) is 3.83. The Kier molecular flexibility index (Phi) is 3.94. The fraction of sp³-hybridized carbons (Fsp3) is 0.583. The lowest BCUT2D eigenvalue weighted by atomic mass is 9.85. The molecule has 0 saturated carbocycles. The molecule has 0 bridgehead atoms. The van der Waals surface area contributed by atoms with Gasteiger partial charge in [0, 0.05) is 5.92 Å². The summed E-state index contributed by atoms with van der Waals surface area (Å²) in [6, 6.07) is 0. The maximum atomic E-state index is 11.6. The van der Waals surface area contributed by atoms with Gasteiger partial charge in [0.15, 0.2) is 5.78 Å². The van der Waals surface area contributed by atoms with Gasteiger partial charge in [-0.15, -0.1) is 6.58 Å². The molecule has 2 atom stereocenters. The van der Waals surface area contributed by atoms with Crippen LogP contribution in [0.15, 0.2) is 24.8 Å². The van der Waals surface area contributed by atoms with Crippen LogP contribution in [0.3, 0.4) is 0 Å². The van der Waals surface area contributed by atoms with Gasteiger partial charge in [0.2, 0.25) is 0 Å². The van der Waals surface area contributed by atoms with Gasteiger partial charge in [-0.2, -0.15) is 0 Å². The Labute approximate surface area is 80.5 Å². The molecule has 72 valence electrons. The van der Waals surface area contributed by atoms with Gasteiger partial charge < -0.3 is 0 Å². The van der Waals surface area contributed by atoms with Gasteiger partial charge in [0.1, 0.15) is 0 Å². The molecule has 1 aliphatic carbocycles. The molecule has 13 heavy (non-hydrogen) atoms. The lowest BCUT2D eigenvalue weighted by Gasteiger charge is -2.18. The number of rotatable bonds is 3. The SMILES string of the molecule is C=CCC[C@@H]1C(=O)C=CCC[C@H]1C. The Morgan fingerprint density at radius 3 is 3.15 bits per heavy atom. The highest BCUT2D eigenvalue weighted by molar-refractivity contribution is 5.92. The van der Waals surface area contributed by atoms with Crippen molar-refractivity contribution in [3.05, 3.63) is 24.8 Å². The van der Waals surface area contributed by atoms with Gasteiger partial charge in [-0.25, -0.2) is 0 Å². The van der Waals surface area contributed by atoms with Crippen LogP contribution in [0.4, 0.5) is 0 Å². The van der Waals surface area contributed by atoms with Crippen molar-refractivity contribution in [2.24, 2.45) is 11.8 Å². The first-order chi connectivity index (χ1) is 6.25. The van der Waals surface area contributed by atoms with Crippen LogP contribution in [0.1, 0.15) is 32.6 Å². The monoisotopic (exact) mass is 178 g/mol. The van der Waals surface area contributed by atoms with Crippen molar-refractivity contribution in [1.29, 1.82) is 0 Å². The summed E-state index contributed by atoms with van der Waals surface area (Å²) in [4.78, 5) is 11.6. The first kappa shape index (κ1) is 10.2. The van der Waals surface area contributed by atoms with E-state index < -0.39 is 0 Å². The molecule has 0 N–H and O–H groups in total. The van der Waals surface area contributed by atoms with Gasteiger partial charge in [-0.3, -0.25) is 4.79 Å². The van der Waals surface area contributed by atoms with Gasteiger partial charge in [0.25, 0.3) is 0 Å². The van der Waals surface area contributed by atoms with Gasteiger partial charge in [-0.05, 0) is 37.7 Å². The zero-order chi connectivity index (χ0) is 9.68. The first-order valence-electron chi connectivity index (χ1n) is 5.07. The smallest absolute Gasteiger partial charge is 0.158 e. The van der Waals surface area contributed by atoms with Crippen molar-refractivity contribution in [2.45, 2.75) is 32.6 Å². The van der Waals surface area contributed by atoms with Gasteiger partial charge in [-0.1, -0.05) is 19.1 Å². The Morgan fingerprint density at radius 1 is 1.69 bits per heavy atom. The summed E-state index contributed by atoms with van der Waals surface area (Å²) in [7, 11) is 0. The van der Waals surface area contributed by atoms with Crippen molar-refractivity contribution >= 4 is 5.78 Å². The minimum absolute atomic E-state index is 0.233. The molecule has 0 saturated heterocycles. The van der Waals surface area contributed by atoms with Crippen LogP contribution in [0.5, 0.6) is 0 Å². The third kappa shape index (κ3) is 2.83. The molecule has 0 aromatic rings. The van der Waals surface area contributed by atoms with E-state index in [1.54, 1.807) is 6.08 Å². The van der Waals surface area contributed by atoms with Crippen molar-refractivity contribution in [1.82, 2.24) is 0 Å². The molecular formula is C12H18O. The maximum absolute atomic E-state index is 11.6. The minimum Gasteiger partial charge on any atom is -0.295 e. The normalized spacial score (nSPS) is 28.5. The number of carbonyl (C=O) groups excluding carboxylic acids is 1. The molecule has 0 radical (unpaired) electrons. The van der Waals surface area contributed by atoms with Gasteiger partial charge >= 0.3 is 0 Å². The summed E-state index contributed by atoms with van der Waals surface area (Å²) < 4.78 is 0. The fourth-order valence-electron chi connectivity index (χ4n) is 1.89. The quantitative estimate of drug-likeness (QED) is 0.607. The topological polar surface area (TPSA) is 17.1 Å². The first-order valence-corrected chi connectivity index (χ1v) is 5.07. The van der Waals surface area contributed by atoms with Crippen LogP contribution in [0, 0.1) is 11.8 Å². The van der Waals surface area contributed by atoms with Crippen molar-refractivity contribution in [2.75, 3.05) is 0 Å².